The van der Waals surface area contributed by atoms with Gasteiger partial charge >= 0.3 is 0 Å². The van der Waals surface area contributed by atoms with Gasteiger partial charge in [0.15, 0.2) is 5.13 Å². The molecule has 0 saturated heterocycles. The molecule has 0 fully saturated rings. The van der Waals surface area contributed by atoms with Crippen LogP contribution in [0.25, 0.3) is 0 Å². The molecule has 1 heterocycles. The number of aromatic nitrogens is 1. The molecule has 19 heavy (non-hydrogen) atoms. The van der Waals surface area contributed by atoms with E-state index in [0.717, 1.165) is 11.6 Å². The average Bonchev–Trinajstić information content (AvgIpc) is 2.68. The highest BCUT2D eigenvalue weighted by Gasteiger charge is 2.23. The quantitative estimate of drug-likeness (QED) is 0.901. The molecule has 108 valence electrons. The molecule has 5 nitrogen and oxygen atoms in total. The van der Waals surface area contributed by atoms with E-state index in [1.807, 2.05) is 26.0 Å². The molecule has 0 spiro atoms. The standard InChI is InChI=1S/C13H24N4OS/c1-8(2)7-9(3)17(6)12(18)10-11(14)15-13(19-10)16(4)5/h8-9H,7,14H2,1-6H3. The van der Waals surface area contributed by atoms with Gasteiger partial charge in [0.2, 0.25) is 0 Å². The Morgan fingerprint density at radius 2 is 1.89 bits per heavy atom. The monoisotopic (exact) mass is 284 g/mol. The number of hydrogen-bond acceptors (Lipinski definition) is 5. The maximum absolute atomic E-state index is 12.4. The summed E-state index contributed by atoms with van der Waals surface area (Å²) in [7, 11) is 5.60. The van der Waals surface area contributed by atoms with Crippen LogP contribution in [0.4, 0.5) is 10.9 Å². The fourth-order valence-corrected chi connectivity index (χ4v) is 2.76. The Balaban J connectivity index is 2.87. The maximum Gasteiger partial charge on any atom is 0.267 e. The summed E-state index contributed by atoms with van der Waals surface area (Å²) in [6, 6.07) is 0.191. The van der Waals surface area contributed by atoms with Gasteiger partial charge in [0, 0.05) is 27.2 Å². The molecule has 0 radical (unpaired) electrons. The summed E-state index contributed by atoms with van der Waals surface area (Å²) in [5, 5.41) is 0.755. The van der Waals surface area contributed by atoms with Gasteiger partial charge in [-0.15, -0.1) is 0 Å². The molecule has 1 unspecified atom stereocenters. The molecule has 0 aliphatic carbocycles. The van der Waals surface area contributed by atoms with E-state index < -0.39 is 0 Å². The highest BCUT2D eigenvalue weighted by Crippen LogP contribution is 2.28. The molecule has 0 aliphatic heterocycles. The molecule has 0 bridgehead atoms. The van der Waals surface area contributed by atoms with Crippen LogP contribution in [0, 0.1) is 5.92 Å². The number of nitrogen functional groups attached to an aromatic ring is 1. The van der Waals surface area contributed by atoms with Crippen molar-refractivity contribution in [3.05, 3.63) is 4.88 Å². The smallest absolute Gasteiger partial charge is 0.267 e. The Kier molecular flexibility index (Phi) is 5.17. The Bertz CT molecular complexity index is 442. The first kappa shape index (κ1) is 15.8. The predicted molar refractivity (Wildman–Crippen MR) is 81.9 cm³/mol. The van der Waals surface area contributed by atoms with E-state index in [1.165, 1.54) is 11.3 Å². The van der Waals surface area contributed by atoms with Crippen LogP contribution in [-0.4, -0.2) is 43.0 Å². The third-order valence-electron chi connectivity index (χ3n) is 3.01. The van der Waals surface area contributed by atoms with E-state index in [4.69, 9.17) is 5.73 Å². The van der Waals surface area contributed by atoms with Gasteiger partial charge in [0.25, 0.3) is 5.91 Å². The van der Waals surface area contributed by atoms with E-state index >= 15 is 0 Å². The van der Waals surface area contributed by atoms with Crippen LogP contribution in [0.1, 0.15) is 36.9 Å². The summed E-state index contributed by atoms with van der Waals surface area (Å²) in [5.41, 5.74) is 5.84. The maximum atomic E-state index is 12.4. The minimum absolute atomic E-state index is 0.0451. The zero-order valence-electron chi connectivity index (χ0n) is 12.6. The molecule has 0 saturated carbocycles. The number of nitrogens with zero attached hydrogens (tertiary/aromatic N) is 3. The Labute approximate surface area is 119 Å². The molecular weight excluding hydrogens is 260 g/mol. The number of amides is 1. The van der Waals surface area contributed by atoms with Crippen molar-refractivity contribution < 1.29 is 4.79 Å². The molecule has 2 N–H and O–H groups in total. The van der Waals surface area contributed by atoms with Crippen molar-refractivity contribution in [2.45, 2.75) is 33.2 Å². The SMILES string of the molecule is CC(C)CC(C)N(C)C(=O)c1sc(N(C)C)nc1N. The topological polar surface area (TPSA) is 62.5 Å². The zero-order valence-corrected chi connectivity index (χ0v) is 13.4. The first-order chi connectivity index (χ1) is 8.73. The fraction of sp³-hybridized carbons (Fsp3) is 0.692. The van der Waals surface area contributed by atoms with Crippen molar-refractivity contribution >= 4 is 28.2 Å². The number of hydrogen-bond donors (Lipinski definition) is 1. The van der Waals surface area contributed by atoms with Crippen LogP contribution >= 0.6 is 11.3 Å². The molecule has 1 aromatic heterocycles. The lowest BCUT2D eigenvalue weighted by molar-refractivity contribution is 0.0734. The highest BCUT2D eigenvalue weighted by atomic mass is 32.1. The molecule has 1 aromatic rings. The highest BCUT2D eigenvalue weighted by molar-refractivity contribution is 7.18. The lowest BCUT2D eigenvalue weighted by Gasteiger charge is -2.25. The number of thiazole rings is 1. The van der Waals surface area contributed by atoms with Crippen molar-refractivity contribution in [3.63, 3.8) is 0 Å². The third-order valence-corrected chi connectivity index (χ3v) is 4.24. The largest absolute Gasteiger partial charge is 0.382 e. The van der Waals surface area contributed by atoms with E-state index in [1.54, 1.807) is 4.90 Å². The summed E-state index contributed by atoms with van der Waals surface area (Å²) in [6.07, 6.45) is 0.974. The lowest BCUT2D eigenvalue weighted by atomic mass is 10.0. The summed E-state index contributed by atoms with van der Waals surface area (Å²) in [6.45, 7) is 6.36. The molecule has 0 aromatic carbocycles. The average molecular weight is 284 g/mol. The predicted octanol–water partition coefficient (Wildman–Crippen LogP) is 2.30. The molecule has 1 atom stereocenters. The number of carbonyl (C=O) groups is 1. The van der Waals surface area contributed by atoms with Gasteiger partial charge in [0.1, 0.15) is 10.7 Å². The number of rotatable bonds is 5. The Morgan fingerprint density at radius 3 is 2.32 bits per heavy atom. The minimum atomic E-state index is -0.0451. The Morgan fingerprint density at radius 1 is 1.32 bits per heavy atom. The van der Waals surface area contributed by atoms with Crippen LogP contribution in [0.2, 0.25) is 0 Å². The lowest BCUT2D eigenvalue weighted by Crippen LogP contribution is -2.35. The first-order valence-corrected chi connectivity index (χ1v) is 7.26. The van der Waals surface area contributed by atoms with Crippen LogP contribution in [0.5, 0.6) is 0 Å². The van der Waals surface area contributed by atoms with Crippen LogP contribution in [-0.2, 0) is 0 Å². The summed E-state index contributed by atoms with van der Waals surface area (Å²) < 4.78 is 0. The minimum Gasteiger partial charge on any atom is -0.382 e. The van der Waals surface area contributed by atoms with Crippen molar-refractivity contribution in [2.24, 2.45) is 5.92 Å². The van der Waals surface area contributed by atoms with E-state index in [2.05, 4.69) is 25.8 Å². The van der Waals surface area contributed by atoms with Gasteiger partial charge in [-0.1, -0.05) is 25.2 Å². The van der Waals surface area contributed by atoms with Gasteiger partial charge in [-0.3, -0.25) is 4.79 Å². The summed E-state index contributed by atoms with van der Waals surface area (Å²) >= 11 is 1.34. The van der Waals surface area contributed by atoms with Crippen LogP contribution in [0.15, 0.2) is 0 Å². The summed E-state index contributed by atoms with van der Waals surface area (Å²) in [4.78, 5) is 20.8. The van der Waals surface area contributed by atoms with E-state index in [9.17, 15) is 4.79 Å². The number of carbonyl (C=O) groups excluding carboxylic acids is 1. The second kappa shape index (κ2) is 6.23. The molecule has 6 heteroatoms. The van der Waals surface area contributed by atoms with E-state index in [0.29, 0.717) is 16.6 Å². The molecule has 1 rings (SSSR count). The van der Waals surface area contributed by atoms with Crippen LogP contribution in [0.3, 0.4) is 0 Å². The van der Waals surface area contributed by atoms with Gasteiger partial charge in [-0.05, 0) is 19.3 Å². The van der Waals surface area contributed by atoms with Gasteiger partial charge in [-0.25, -0.2) is 4.98 Å². The van der Waals surface area contributed by atoms with Crippen molar-refractivity contribution in [2.75, 3.05) is 31.8 Å². The number of nitrogens with two attached hydrogens (primary N) is 1. The second-order valence-corrected chi connectivity index (χ2v) is 6.48. The fourth-order valence-electron chi connectivity index (χ4n) is 1.87. The summed E-state index contributed by atoms with van der Waals surface area (Å²) in [5.74, 6) is 0.833. The zero-order chi connectivity index (χ0) is 14.7. The van der Waals surface area contributed by atoms with E-state index in [-0.39, 0.29) is 11.9 Å². The van der Waals surface area contributed by atoms with Gasteiger partial charge in [0.05, 0.1) is 0 Å². The van der Waals surface area contributed by atoms with Gasteiger partial charge < -0.3 is 15.5 Å². The van der Waals surface area contributed by atoms with Crippen molar-refractivity contribution in [1.29, 1.82) is 0 Å². The molecule has 0 aliphatic rings. The second-order valence-electron chi connectivity index (χ2n) is 5.50. The molecular formula is C13H24N4OS. The van der Waals surface area contributed by atoms with Gasteiger partial charge in [-0.2, -0.15) is 0 Å². The molecule has 1 amide bonds. The van der Waals surface area contributed by atoms with Crippen molar-refractivity contribution in [1.82, 2.24) is 9.88 Å². The van der Waals surface area contributed by atoms with Crippen LogP contribution < -0.4 is 10.6 Å². The Hall–Kier alpha value is -1.30. The normalized spacial score (nSPS) is 12.6. The number of anilines is 2. The van der Waals surface area contributed by atoms with Crippen molar-refractivity contribution in [3.8, 4) is 0 Å². The third kappa shape index (κ3) is 3.83. The first-order valence-electron chi connectivity index (χ1n) is 6.44.